The first-order valence-electron chi connectivity index (χ1n) is 9.74. The van der Waals surface area contributed by atoms with E-state index in [0.29, 0.717) is 24.2 Å². The first kappa shape index (κ1) is 24.5. The van der Waals surface area contributed by atoms with E-state index in [1.54, 1.807) is 19.3 Å². The number of nitrogens with one attached hydrogen (secondary N) is 1. The third kappa shape index (κ3) is 7.17. The number of rotatable bonds is 5. The molecule has 2 aromatic carbocycles. The van der Waals surface area contributed by atoms with E-state index in [1.165, 1.54) is 30.3 Å². The van der Waals surface area contributed by atoms with E-state index in [-0.39, 0.29) is 23.2 Å². The van der Waals surface area contributed by atoms with Crippen molar-refractivity contribution in [3.63, 3.8) is 0 Å². The van der Waals surface area contributed by atoms with Gasteiger partial charge < -0.3 is 14.8 Å². The second-order valence-electron chi connectivity index (χ2n) is 7.15. The summed E-state index contributed by atoms with van der Waals surface area (Å²) in [6, 6.07) is 13.6. The molecule has 1 aromatic heterocycles. The minimum Gasteiger partial charge on any atom is -0.456 e. The van der Waals surface area contributed by atoms with Crippen LogP contribution in [0.4, 0.5) is 13.2 Å². The van der Waals surface area contributed by atoms with Crippen LogP contribution in [-0.4, -0.2) is 37.4 Å². The topological polar surface area (TPSA) is 97.8 Å². The van der Waals surface area contributed by atoms with Crippen molar-refractivity contribution in [3.8, 4) is 17.2 Å². The summed E-state index contributed by atoms with van der Waals surface area (Å²) in [6.45, 7) is 2.67. The highest BCUT2D eigenvalue weighted by molar-refractivity contribution is 7.86. The third-order valence-electron chi connectivity index (χ3n) is 4.60. The largest absolute Gasteiger partial charge is 0.573 e. The molecule has 1 aliphatic rings. The maximum absolute atomic E-state index is 12.6. The number of hydrogen-bond acceptors (Lipinski definition) is 6. The number of aromatic nitrogens is 1. The van der Waals surface area contributed by atoms with Crippen molar-refractivity contribution in [2.45, 2.75) is 24.1 Å². The molecule has 1 saturated heterocycles. The molecule has 0 aliphatic carbocycles. The Hall–Kier alpha value is -3.15. The van der Waals surface area contributed by atoms with Crippen LogP contribution in [0.2, 0.25) is 0 Å². The lowest BCUT2D eigenvalue weighted by Gasteiger charge is -2.29. The van der Waals surface area contributed by atoms with E-state index in [1.807, 2.05) is 18.2 Å². The molecule has 0 unspecified atom stereocenters. The zero-order chi connectivity index (χ0) is 24.1. The molecule has 7 nitrogen and oxygen atoms in total. The van der Waals surface area contributed by atoms with E-state index in [9.17, 15) is 26.1 Å². The van der Waals surface area contributed by atoms with E-state index in [0.717, 1.165) is 6.07 Å². The smallest absolute Gasteiger partial charge is 0.456 e. The average Bonchev–Trinajstić information content (AvgIpc) is 2.69. The van der Waals surface area contributed by atoms with Crippen LogP contribution in [0, 0.1) is 6.92 Å². The monoisotopic (exact) mass is 482 g/mol. The quantitative estimate of drug-likeness (QED) is 0.509. The number of benzene rings is 2. The van der Waals surface area contributed by atoms with Crippen molar-refractivity contribution in [1.82, 2.24) is 10.3 Å². The predicted octanol–water partition coefficient (Wildman–Crippen LogP) is 4.70. The Labute approximate surface area is 188 Å². The summed E-state index contributed by atoms with van der Waals surface area (Å²) >= 11 is 0. The van der Waals surface area contributed by atoms with E-state index < -0.39 is 21.4 Å². The maximum Gasteiger partial charge on any atom is 0.573 e. The Morgan fingerprint density at radius 3 is 2.21 bits per heavy atom. The van der Waals surface area contributed by atoms with Crippen LogP contribution in [0.5, 0.6) is 17.2 Å². The summed E-state index contributed by atoms with van der Waals surface area (Å²) in [6.07, 6.45) is -1.33. The summed E-state index contributed by atoms with van der Waals surface area (Å²) in [7, 11) is -4.53. The highest BCUT2D eigenvalue weighted by Gasteiger charge is 2.34. The lowest BCUT2D eigenvalue weighted by molar-refractivity contribution is -0.275. The summed E-state index contributed by atoms with van der Waals surface area (Å²) in [5.41, 5.74) is 0.975. The van der Waals surface area contributed by atoms with Crippen molar-refractivity contribution in [1.29, 1.82) is 0 Å². The molecule has 11 heteroatoms. The van der Waals surface area contributed by atoms with Gasteiger partial charge in [0.2, 0.25) is 0 Å². The van der Waals surface area contributed by atoms with Crippen molar-refractivity contribution in [2.24, 2.45) is 0 Å². The van der Waals surface area contributed by atoms with Gasteiger partial charge in [-0.3, -0.25) is 9.54 Å². The molecule has 0 saturated carbocycles. The molecule has 2 N–H and O–H groups in total. The van der Waals surface area contributed by atoms with Gasteiger partial charge in [-0.25, -0.2) is 0 Å². The zero-order valence-electron chi connectivity index (χ0n) is 17.4. The molecule has 176 valence electrons. The van der Waals surface area contributed by atoms with Gasteiger partial charge >= 0.3 is 6.36 Å². The molecule has 1 fully saturated rings. The summed E-state index contributed by atoms with van der Waals surface area (Å²) < 4.78 is 79.9. The molecular weight excluding hydrogens is 461 g/mol. The second-order valence-corrected chi connectivity index (χ2v) is 8.54. The van der Waals surface area contributed by atoms with Gasteiger partial charge in [0.05, 0.1) is 0 Å². The fourth-order valence-electron chi connectivity index (χ4n) is 2.98. The van der Waals surface area contributed by atoms with Gasteiger partial charge in [0.1, 0.15) is 22.1 Å². The van der Waals surface area contributed by atoms with Crippen LogP contribution in [0.15, 0.2) is 71.9 Å². The Kier molecular flexibility index (Phi) is 7.57. The minimum atomic E-state index is -4.83. The zero-order valence-corrected chi connectivity index (χ0v) is 18.2. The van der Waals surface area contributed by atoms with Crippen LogP contribution in [0.1, 0.15) is 17.0 Å². The number of hydrogen-bond donors (Lipinski definition) is 2. The van der Waals surface area contributed by atoms with E-state index >= 15 is 0 Å². The summed E-state index contributed by atoms with van der Waals surface area (Å²) in [5.74, 6) is -0.522. The second kappa shape index (κ2) is 10.2. The van der Waals surface area contributed by atoms with Crippen LogP contribution in [0.3, 0.4) is 0 Å². The number of alkyl halides is 3. The molecular formula is C22H21F3N2O5S. The normalized spacial score (nSPS) is 14.0. The van der Waals surface area contributed by atoms with Gasteiger partial charge in [0, 0.05) is 37.0 Å². The molecule has 0 amide bonds. The van der Waals surface area contributed by atoms with Crippen molar-refractivity contribution >= 4 is 10.1 Å². The SMILES string of the molecule is Cc1ccc(S(=O)(=O)O)c(Oc2ccc(OC(F)(F)F)c(C3CNC3)c2)c1.c1ccncc1. The Balaban J connectivity index is 0.000000442. The van der Waals surface area contributed by atoms with Crippen LogP contribution >= 0.6 is 0 Å². The average molecular weight is 482 g/mol. The van der Waals surface area contributed by atoms with E-state index in [4.69, 9.17) is 4.74 Å². The number of pyridine rings is 1. The third-order valence-corrected chi connectivity index (χ3v) is 5.49. The van der Waals surface area contributed by atoms with Crippen LogP contribution in [0.25, 0.3) is 0 Å². The standard InChI is InChI=1S/C17H16F3NO5S.C5H5N/c1-10-2-5-16(27(22,23)24)15(6-10)25-12-3-4-14(26-17(18,19)20)13(7-12)11-8-21-9-11;1-2-4-6-5-3-1/h2-7,11,21H,8-9H2,1H3,(H,22,23,24);1-5H. The van der Waals surface area contributed by atoms with Crippen molar-refractivity contribution in [3.05, 3.63) is 78.1 Å². The summed E-state index contributed by atoms with van der Waals surface area (Å²) in [4.78, 5) is 3.35. The highest BCUT2D eigenvalue weighted by atomic mass is 32.2. The molecule has 0 atom stereocenters. The van der Waals surface area contributed by atoms with Crippen molar-refractivity contribution in [2.75, 3.05) is 13.1 Å². The Morgan fingerprint density at radius 1 is 1.03 bits per heavy atom. The number of nitrogens with zero attached hydrogens (tertiary/aromatic N) is 1. The first-order chi connectivity index (χ1) is 15.5. The molecule has 0 radical (unpaired) electrons. The summed E-state index contributed by atoms with van der Waals surface area (Å²) in [5, 5.41) is 2.97. The molecule has 2 heterocycles. The molecule has 3 aromatic rings. The molecule has 0 spiro atoms. The van der Waals surface area contributed by atoms with Gasteiger partial charge in [-0.1, -0.05) is 12.1 Å². The Morgan fingerprint density at radius 2 is 1.73 bits per heavy atom. The maximum atomic E-state index is 12.6. The number of ether oxygens (including phenoxy) is 2. The van der Waals surface area contributed by atoms with Gasteiger partial charge in [-0.05, 0) is 55.0 Å². The van der Waals surface area contributed by atoms with Gasteiger partial charge in [-0.2, -0.15) is 8.42 Å². The number of halogens is 3. The highest BCUT2D eigenvalue weighted by Crippen LogP contribution is 2.38. The number of aryl methyl sites for hydroxylation is 1. The van der Waals surface area contributed by atoms with Gasteiger partial charge in [0.15, 0.2) is 0 Å². The first-order valence-corrected chi connectivity index (χ1v) is 11.2. The molecule has 4 rings (SSSR count). The fraction of sp³-hybridized carbons (Fsp3) is 0.227. The minimum absolute atomic E-state index is 0.125. The van der Waals surface area contributed by atoms with Gasteiger partial charge in [-0.15, -0.1) is 13.2 Å². The molecule has 1 aliphatic heterocycles. The van der Waals surface area contributed by atoms with Crippen LogP contribution < -0.4 is 14.8 Å². The molecule has 33 heavy (non-hydrogen) atoms. The van der Waals surface area contributed by atoms with Gasteiger partial charge in [0.25, 0.3) is 10.1 Å². The molecule has 0 bridgehead atoms. The Bertz CT molecular complexity index is 1160. The van der Waals surface area contributed by atoms with Crippen LogP contribution in [-0.2, 0) is 10.1 Å². The lowest BCUT2D eigenvalue weighted by atomic mass is 9.93. The van der Waals surface area contributed by atoms with E-state index in [2.05, 4.69) is 15.0 Å². The van der Waals surface area contributed by atoms with Crippen molar-refractivity contribution < 1.29 is 35.6 Å². The predicted molar refractivity (Wildman–Crippen MR) is 114 cm³/mol. The fourth-order valence-corrected chi connectivity index (χ4v) is 3.58. The lowest BCUT2D eigenvalue weighted by Crippen LogP contribution is -2.40.